The molecule has 3 aromatic rings. The summed E-state index contributed by atoms with van der Waals surface area (Å²) in [5.41, 5.74) is 2.41. The fraction of sp³-hybridized carbons (Fsp3) is 0.278. The van der Waals surface area contributed by atoms with Crippen molar-refractivity contribution in [3.05, 3.63) is 65.6 Å². The lowest BCUT2D eigenvalue weighted by Gasteiger charge is -2.26. The predicted octanol–water partition coefficient (Wildman–Crippen LogP) is 2.15. The molecule has 3 aromatic heterocycles. The molecule has 0 bridgehead atoms. The standard InChI is InChI=1S/C16H15N5O2.C2HF3O2/c22-16(12-3-1-5-17-9-12)20-8-4-15-13(10-20)14(19-23-15)11-21-7-2-6-18-21;3-2(4,5)1(6)7/h1-3,5-7,9H,4,8,10-11H2;(H,6,7). The fourth-order valence-corrected chi connectivity index (χ4v) is 2.78. The number of hydrogen-bond acceptors (Lipinski definition) is 6. The van der Waals surface area contributed by atoms with Crippen molar-refractivity contribution < 1.29 is 32.4 Å². The first-order valence-electron chi connectivity index (χ1n) is 8.69. The zero-order valence-electron chi connectivity index (χ0n) is 15.4. The molecule has 1 N–H and O–H groups in total. The molecule has 4 rings (SSSR count). The quantitative estimate of drug-likeness (QED) is 0.686. The second-order valence-corrected chi connectivity index (χ2v) is 6.26. The van der Waals surface area contributed by atoms with Crippen LogP contribution in [0.1, 0.15) is 27.4 Å². The van der Waals surface area contributed by atoms with Crippen LogP contribution in [-0.2, 0) is 24.3 Å². The maximum Gasteiger partial charge on any atom is 0.490 e. The van der Waals surface area contributed by atoms with Gasteiger partial charge in [0.05, 0.1) is 18.7 Å². The lowest BCUT2D eigenvalue weighted by Crippen LogP contribution is -2.36. The van der Waals surface area contributed by atoms with E-state index in [0.717, 1.165) is 17.0 Å². The minimum atomic E-state index is -5.08. The van der Waals surface area contributed by atoms with E-state index < -0.39 is 12.1 Å². The molecule has 0 spiro atoms. The molecule has 0 atom stereocenters. The summed E-state index contributed by atoms with van der Waals surface area (Å²) in [6.45, 7) is 1.67. The van der Waals surface area contributed by atoms with Gasteiger partial charge in [0.25, 0.3) is 5.91 Å². The lowest BCUT2D eigenvalue weighted by atomic mass is 10.0. The molecule has 1 amide bonds. The summed E-state index contributed by atoms with van der Waals surface area (Å²) in [7, 11) is 0. The normalized spacial score (nSPS) is 13.2. The van der Waals surface area contributed by atoms with E-state index in [-0.39, 0.29) is 5.91 Å². The van der Waals surface area contributed by atoms with Gasteiger partial charge in [-0.15, -0.1) is 0 Å². The Morgan fingerprint density at radius 1 is 1.23 bits per heavy atom. The fourth-order valence-electron chi connectivity index (χ4n) is 2.78. The third-order valence-corrected chi connectivity index (χ3v) is 4.22. The van der Waals surface area contributed by atoms with Crippen LogP contribution >= 0.6 is 0 Å². The van der Waals surface area contributed by atoms with Gasteiger partial charge in [-0.3, -0.25) is 14.5 Å². The summed E-state index contributed by atoms with van der Waals surface area (Å²) in [6.07, 6.45) is 2.45. The molecule has 12 heteroatoms. The number of pyridine rings is 1. The SMILES string of the molecule is O=C(O)C(F)(F)F.O=C(c1cccnc1)N1CCc2onc(Cn3cccn3)c2C1. The van der Waals surface area contributed by atoms with E-state index in [2.05, 4.69) is 15.2 Å². The van der Waals surface area contributed by atoms with E-state index in [1.165, 1.54) is 0 Å². The highest BCUT2D eigenvalue weighted by Crippen LogP contribution is 2.24. The molecule has 0 unspecified atom stereocenters. The molecule has 30 heavy (non-hydrogen) atoms. The summed E-state index contributed by atoms with van der Waals surface area (Å²) < 4.78 is 39.0. The largest absolute Gasteiger partial charge is 0.490 e. The molecule has 0 saturated heterocycles. The Balaban J connectivity index is 0.000000318. The number of rotatable bonds is 3. The number of aromatic nitrogens is 4. The zero-order chi connectivity index (χ0) is 21.7. The number of carbonyl (C=O) groups is 2. The van der Waals surface area contributed by atoms with Crippen LogP contribution in [0.15, 0.2) is 47.5 Å². The number of amides is 1. The van der Waals surface area contributed by atoms with Crippen molar-refractivity contribution in [2.75, 3.05) is 6.54 Å². The van der Waals surface area contributed by atoms with E-state index >= 15 is 0 Å². The predicted molar refractivity (Wildman–Crippen MR) is 94.2 cm³/mol. The zero-order valence-corrected chi connectivity index (χ0v) is 15.4. The summed E-state index contributed by atoms with van der Waals surface area (Å²) in [4.78, 5) is 27.3. The Bertz CT molecular complexity index is 1000. The highest BCUT2D eigenvalue weighted by molar-refractivity contribution is 5.94. The average Bonchev–Trinajstić information content (AvgIpc) is 3.38. The van der Waals surface area contributed by atoms with Gasteiger partial charge in [0, 0.05) is 43.3 Å². The molecule has 0 radical (unpaired) electrons. The second-order valence-electron chi connectivity index (χ2n) is 6.26. The van der Waals surface area contributed by atoms with Crippen molar-refractivity contribution in [1.29, 1.82) is 0 Å². The molecule has 0 saturated carbocycles. The van der Waals surface area contributed by atoms with Crippen LogP contribution in [0.5, 0.6) is 0 Å². The van der Waals surface area contributed by atoms with Crippen molar-refractivity contribution in [2.24, 2.45) is 0 Å². The van der Waals surface area contributed by atoms with Crippen molar-refractivity contribution >= 4 is 11.9 Å². The minimum Gasteiger partial charge on any atom is -0.475 e. The first-order chi connectivity index (χ1) is 14.3. The van der Waals surface area contributed by atoms with Crippen LogP contribution in [0, 0.1) is 0 Å². The van der Waals surface area contributed by atoms with Gasteiger partial charge >= 0.3 is 12.1 Å². The van der Waals surface area contributed by atoms with Crippen molar-refractivity contribution in [1.82, 2.24) is 24.8 Å². The van der Waals surface area contributed by atoms with Gasteiger partial charge in [0.1, 0.15) is 11.5 Å². The molecule has 1 aliphatic heterocycles. The number of alkyl halides is 3. The van der Waals surface area contributed by atoms with Gasteiger partial charge in [-0.25, -0.2) is 4.79 Å². The van der Waals surface area contributed by atoms with Gasteiger partial charge in [0.2, 0.25) is 0 Å². The summed E-state index contributed by atoms with van der Waals surface area (Å²) in [5.74, 6) is -1.91. The van der Waals surface area contributed by atoms with Crippen LogP contribution in [-0.4, -0.2) is 54.5 Å². The Kier molecular flexibility index (Phi) is 6.14. The topological polar surface area (TPSA) is 114 Å². The monoisotopic (exact) mass is 423 g/mol. The molecule has 0 fully saturated rings. The number of fused-ring (bicyclic) bond motifs is 1. The number of carboxylic acid groups (broad SMARTS) is 1. The lowest BCUT2D eigenvalue weighted by molar-refractivity contribution is -0.192. The number of carboxylic acids is 1. The number of carbonyl (C=O) groups excluding carboxylic acids is 1. The molecule has 158 valence electrons. The molecule has 9 nitrogen and oxygen atoms in total. The summed E-state index contributed by atoms with van der Waals surface area (Å²) in [6, 6.07) is 5.42. The summed E-state index contributed by atoms with van der Waals surface area (Å²) in [5, 5.41) is 15.5. The van der Waals surface area contributed by atoms with Gasteiger partial charge in [-0.1, -0.05) is 5.16 Å². The van der Waals surface area contributed by atoms with Crippen LogP contribution in [0.3, 0.4) is 0 Å². The van der Waals surface area contributed by atoms with Crippen LogP contribution in [0.4, 0.5) is 13.2 Å². The maximum atomic E-state index is 12.6. The van der Waals surface area contributed by atoms with Crippen molar-refractivity contribution in [3.8, 4) is 0 Å². The Morgan fingerprint density at radius 2 is 2.00 bits per heavy atom. The Hall–Kier alpha value is -3.70. The van der Waals surface area contributed by atoms with Crippen molar-refractivity contribution in [2.45, 2.75) is 25.7 Å². The number of aliphatic carboxylic acids is 1. The Labute approximate surface area is 167 Å². The molecule has 0 aliphatic carbocycles. The number of halogens is 3. The van der Waals surface area contributed by atoms with Gasteiger partial charge in [-0.2, -0.15) is 18.3 Å². The van der Waals surface area contributed by atoms with E-state index in [9.17, 15) is 18.0 Å². The molecule has 1 aliphatic rings. The first kappa shape index (κ1) is 21.0. The van der Waals surface area contributed by atoms with Gasteiger partial charge < -0.3 is 14.5 Å². The second kappa shape index (κ2) is 8.76. The molecular formula is C18H16F3N5O4. The van der Waals surface area contributed by atoms with Gasteiger partial charge in [-0.05, 0) is 18.2 Å². The third-order valence-electron chi connectivity index (χ3n) is 4.22. The number of hydrogen-bond donors (Lipinski definition) is 1. The van der Waals surface area contributed by atoms with Crippen LogP contribution in [0.2, 0.25) is 0 Å². The highest BCUT2D eigenvalue weighted by Gasteiger charge is 2.38. The third kappa shape index (κ3) is 5.01. The van der Waals surface area contributed by atoms with E-state index in [1.54, 1.807) is 35.4 Å². The van der Waals surface area contributed by atoms with Gasteiger partial charge in [0.15, 0.2) is 0 Å². The first-order valence-corrected chi connectivity index (χ1v) is 8.69. The maximum absolute atomic E-state index is 12.6. The van der Waals surface area contributed by atoms with E-state index in [1.807, 2.05) is 17.2 Å². The van der Waals surface area contributed by atoms with E-state index in [0.29, 0.717) is 31.6 Å². The number of nitrogens with zero attached hydrogens (tertiary/aromatic N) is 5. The summed E-state index contributed by atoms with van der Waals surface area (Å²) >= 11 is 0. The highest BCUT2D eigenvalue weighted by atomic mass is 19.4. The molecular weight excluding hydrogens is 407 g/mol. The van der Waals surface area contributed by atoms with E-state index in [4.69, 9.17) is 14.4 Å². The van der Waals surface area contributed by atoms with Crippen LogP contribution < -0.4 is 0 Å². The van der Waals surface area contributed by atoms with Crippen LogP contribution in [0.25, 0.3) is 0 Å². The average molecular weight is 423 g/mol. The molecule has 4 heterocycles. The minimum absolute atomic E-state index is 0.0185. The molecule has 0 aromatic carbocycles. The smallest absolute Gasteiger partial charge is 0.475 e. The Morgan fingerprint density at radius 3 is 2.60 bits per heavy atom. The van der Waals surface area contributed by atoms with Crippen molar-refractivity contribution in [3.63, 3.8) is 0 Å².